The fourth-order valence-corrected chi connectivity index (χ4v) is 2.10. The topological polar surface area (TPSA) is 29.5 Å². The van der Waals surface area contributed by atoms with Crippen molar-refractivity contribution in [1.29, 1.82) is 0 Å². The lowest BCUT2D eigenvalue weighted by molar-refractivity contribution is 0.0242. The second-order valence-electron chi connectivity index (χ2n) is 5.32. The van der Waals surface area contributed by atoms with E-state index in [2.05, 4.69) is 0 Å². The van der Waals surface area contributed by atoms with Crippen molar-refractivity contribution in [3.05, 3.63) is 0 Å². The van der Waals surface area contributed by atoms with E-state index in [9.17, 15) is 9.18 Å². The monoisotopic (exact) mass is 201 g/mol. The van der Waals surface area contributed by atoms with Crippen LogP contribution >= 0.6 is 0 Å². The standard InChI is InChI=1S/C10H16FNO2/c1-9(2,3)14-8(13)12-6-10(11)4-7(12)5-10/h7H,4-6H2,1-3H3. The van der Waals surface area contributed by atoms with Gasteiger partial charge >= 0.3 is 6.09 Å². The number of amides is 1. The Balaban J connectivity index is 1.95. The maximum absolute atomic E-state index is 13.5. The van der Waals surface area contributed by atoms with Crippen molar-refractivity contribution >= 4 is 6.09 Å². The van der Waals surface area contributed by atoms with Gasteiger partial charge in [0.25, 0.3) is 0 Å². The largest absolute Gasteiger partial charge is 0.444 e. The van der Waals surface area contributed by atoms with Crippen LogP contribution < -0.4 is 0 Å². The van der Waals surface area contributed by atoms with Crippen molar-refractivity contribution in [1.82, 2.24) is 4.90 Å². The fourth-order valence-electron chi connectivity index (χ4n) is 2.10. The highest BCUT2D eigenvalue weighted by Crippen LogP contribution is 2.47. The van der Waals surface area contributed by atoms with Gasteiger partial charge in [-0.2, -0.15) is 0 Å². The van der Waals surface area contributed by atoms with Crippen LogP contribution in [0, 0.1) is 0 Å². The lowest BCUT2D eigenvalue weighted by atomic mass is 9.83. The zero-order valence-electron chi connectivity index (χ0n) is 8.84. The number of nitrogens with zero attached hydrogens (tertiary/aromatic N) is 1. The summed E-state index contributed by atoms with van der Waals surface area (Å²) in [6.07, 6.45) is 0.609. The highest BCUT2D eigenvalue weighted by atomic mass is 19.1. The molecule has 0 aromatic rings. The average Bonchev–Trinajstić information content (AvgIpc) is 2.36. The lowest BCUT2D eigenvalue weighted by Gasteiger charge is -2.30. The molecule has 3 fully saturated rings. The molecule has 2 bridgehead atoms. The molecule has 0 unspecified atom stereocenters. The first kappa shape index (κ1) is 9.74. The van der Waals surface area contributed by atoms with Gasteiger partial charge in [-0.1, -0.05) is 0 Å². The quantitative estimate of drug-likeness (QED) is 0.600. The van der Waals surface area contributed by atoms with Crippen molar-refractivity contribution in [3.63, 3.8) is 0 Å². The maximum atomic E-state index is 13.5. The Hall–Kier alpha value is -0.800. The predicted octanol–water partition coefficient (Wildman–Crippen LogP) is 2.11. The number of carbonyl (C=O) groups is 1. The minimum atomic E-state index is -1.11. The number of hydrogen-bond donors (Lipinski definition) is 0. The van der Waals surface area contributed by atoms with Crippen LogP contribution in [0.15, 0.2) is 0 Å². The Morgan fingerprint density at radius 1 is 1.50 bits per heavy atom. The van der Waals surface area contributed by atoms with Crippen LogP contribution in [-0.2, 0) is 4.74 Å². The summed E-state index contributed by atoms with van der Waals surface area (Å²) in [4.78, 5) is 13.1. The summed E-state index contributed by atoms with van der Waals surface area (Å²) in [5, 5.41) is 0. The van der Waals surface area contributed by atoms with E-state index in [1.165, 1.54) is 4.90 Å². The number of carbonyl (C=O) groups excluding carboxylic acids is 1. The number of ether oxygens (including phenoxy) is 1. The number of alkyl halides is 1. The van der Waals surface area contributed by atoms with Crippen LogP contribution in [0.4, 0.5) is 9.18 Å². The summed E-state index contributed by atoms with van der Waals surface area (Å²) in [7, 11) is 0. The molecule has 3 rings (SSSR count). The van der Waals surface area contributed by atoms with Gasteiger partial charge in [0.15, 0.2) is 0 Å². The minimum absolute atomic E-state index is 0.0786. The third-order valence-electron chi connectivity index (χ3n) is 2.73. The van der Waals surface area contributed by atoms with E-state index in [1.54, 1.807) is 0 Å². The first-order chi connectivity index (χ1) is 6.29. The van der Waals surface area contributed by atoms with Crippen LogP contribution in [0.25, 0.3) is 0 Å². The molecule has 2 heterocycles. The molecule has 14 heavy (non-hydrogen) atoms. The Kier molecular flexibility index (Phi) is 1.82. The molecule has 2 aliphatic heterocycles. The smallest absolute Gasteiger partial charge is 0.410 e. The Labute approximate surface area is 83.2 Å². The third kappa shape index (κ3) is 1.57. The molecule has 0 atom stereocenters. The molecule has 80 valence electrons. The molecule has 4 heteroatoms. The molecular weight excluding hydrogens is 185 g/mol. The van der Waals surface area contributed by atoms with Crippen molar-refractivity contribution in [2.75, 3.05) is 6.54 Å². The van der Waals surface area contributed by atoms with Crippen molar-refractivity contribution < 1.29 is 13.9 Å². The molecule has 0 aromatic carbocycles. The van der Waals surface area contributed by atoms with E-state index in [-0.39, 0.29) is 18.7 Å². The zero-order chi connectivity index (χ0) is 10.6. The molecule has 0 aromatic heterocycles. The molecule has 2 saturated heterocycles. The Morgan fingerprint density at radius 3 is 2.43 bits per heavy atom. The highest BCUT2D eigenvalue weighted by molar-refractivity contribution is 5.70. The van der Waals surface area contributed by atoms with Crippen LogP contribution in [-0.4, -0.2) is 34.8 Å². The summed E-state index contributed by atoms with van der Waals surface area (Å²) in [5.41, 5.74) is -1.60. The van der Waals surface area contributed by atoms with E-state index in [4.69, 9.17) is 4.74 Å². The highest BCUT2D eigenvalue weighted by Gasteiger charge is 2.58. The predicted molar refractivity (Wildman–Crippen MR) is 49.8 cm³/mol. The van der Waals surface area contributed by atoms with Gasteiger partial charge in [0.2, 0.25) is 0 Å². The van der Waals surface area contributed by atoms with Gasteiger partial charge in [0, 0.05) is 18.9 Å². The summed E-state index contributed by atoms with van der Waals surface area (Å²) >= 11 is 0. The number of fused-ring (bicyclic) bond motifs is 1. The second-order valence-corrected chi connectivity index (χ2v) is 5.32. The van der Waals surface area contributed by atoms with Gasteiger partial charge in [-0.15, -0.1) is 0 Å². The van der Waals surface area contributed by atoms with Gasteiger partial charge in [-0.25, -0.2) is 9.18 Å². The van der Waals surface area contributed by atoms with Gasteiger partial charge < -0.3 is 9.64 Å². The lowest BCUT2D eigenvalue weighted by Crippen LogP contribution is -2.39. The van der Waals surface area contributed by atoms with E-state index >= 15 is 0 Å². The zero-order valence-corrected chi connectivity index (χ0v) is 8.84. The third-order valence-corrected chi connectivity index (χ3v) is 2.73. The molecule has 1 aliphatic carbocycles. The first-order valence-electron chi connectivity index (χ1n) is 4.98. The van der Waals surface area contributed by atoms with Gasteiger partial charge in [-0.3, -0.25) is 0 Å². The number of hydrogen-bond acceptors (Lipinski definition) is 2. The van der Waals surface area contributed by atoms with Gasteiger partial charge in [-0.05, 0) is 20.8 Å². The molecule has 1 saturated carbocycles. The molecule has 0 N–H and O–H groups in total. The molecule has 0 radical (unpaired) electrons. The minimum Gasteiger partial charge on any atom is -0.444 e. The van der Waals surface area contributed by atoms with E-state index in [1.807, 2.05) is 20.8 Å². The van der Waals surface area contributed by atoms with E-state index in [0.29, 0.717) is 12.8 Å². The summed E-state index contributed by atoms with van der Waals surface area (Å²) < 4.78 is 18.7. The maximum Gasteiger partial charge on any atom is 0.410 e. The molecular formula is C10H16FNO2. The van der Waals surface area contributed by atoms with Crippen molar-refractivity contribution in [3.8, 4) is 0 Å². The summed E-state index contributed by atoms with van der Waals surface area (Å²) in [6, 6.07) is 0.0786. The molecule has 1 amide bonds. The Bertz CT molecular complexity index is 266. The van der Waals surface area contributed by atoms with Crippen molar-refractivity contribution in [2.45, 2.75) is 50.9 Å². The van der Waals surface area contributed by atoms with Crippen LogP contribution in [0.2, 0.25) is 0 Å². The SMILES string of the molecule is CC(C)(C)OC(=O)N1CC2(F)CC1C2. The summed E-state index contributed by atoms with van der Waals surface area (Å²) in [6.45, 7) is 5.66. The normalized spacial score (nSPS) is 35.4. The number of halogens is 1. The van der Waals surface area contributed by atoms with Gasteiger partial charge in [0.05, 0.1) is 6.54 Å². The van der Waals surface area contributed by atoms with Crippen molar-refractivity contribution in [2.24, 2.45) is 0 Å². The number of rotatable bonds is 0. The molecule has 0 spiro atoms. The van der Waals surface area contributed by atoms with E-state index < -0.39 is 11.3 Å². The molecule has 3 nitrogen and oxygen atoms in total. The van der Waals surface area contributed by atoms with Crippen LogP contribution in [0.1, 0.15) is 33.6 Å². The average molecular weight is 201 g/mol. The first-order valence-corrected chi connectivity index (χ1v) is 4.98. The second kappa shape index (κ2) is 2.61. The van der Waals surface area contributed by atoms with E-state index in [0.717, 1.165) is 0 Å². The van der Waals surface area contributed by atoms with Crippen LogP contribution in [0.5, 0.6) is 0 Å². The van der Waals surface area contributed by atoms with Crippen LogP contribution in [0.3, 0.4) is 0 Å². The fraction of sp³-hybridized carbons (Fsp3) is 0.900. The molecule has 3 aliphatic rings. The summed E-state index contributed by atoms with van der Waals surface area (Å²) in [5.74, 6) is 0. The van der Waals surface area contributed by atoms with Gasteiger partial charge in [0.1, 0.15) is 11.3 Å². The Morgan fingerprint density at radius 2 is 2.07 bits per heavy atom.